The number of aryl methyl sites for hydroxylation is 2. The van der Waals surface area contributed by atoms with Crippen molar-refractivity contribution < 1.29 is 0 Å². The molecular formula is C17H27N3. The third-order valence-electron chi connectivity index (χ3n) is 3.89. The van der Waals surface area contributed by atoms with E-state index in [4.69, 9.17) is 5.10 Å². The van der Waals surface area contributed by atoms with E-state index in [9.17, 15) is 0 Å². The van der Waals surface area contributed by atoms with Crippen molar-refractivity contribution in [3.63, 3.8) is 0 Å². The molecule has 1 N–H and O–H groups in total. The van der Waals surface area contributed by atoms with Gasteiger partial charge in [-0.15, -0.1) is 0 Å². The molecule has 3 nitrogen and oxygen atoms in total. The number of aromatic nitrogens is 2. The maximum Gasteiger partial charge on any atom is 0.0703 e. The minimum absolute atomic E-state index is 0.621. The van der Waals surface area contributed by atoms with Crippen molar-refractivity contribution in [3.8, 4) is 0 Å². The highest BCUT2D eigenvalue weighted by molar-refractivity contribution is 5.81. The summed E-state index contributed by atoms with van der Waals surface area (Å²) in [4.78, 5) is 0. The number of nitrogens with zero attached hydrogens (tertiary/aromatic N) is 2. The quantitative estimate of drug-likeness (QED) is 0.793. The van der Waals surface area contributed by atoms with Gasteiger partial charge in [-0.25, -0.2) is 0 Å². The van der Waals surface area contributed by atoms with Crippen molar-refractivity contribution in [2.45, 2.75) is 59.0 Å². The van der Waals surface area contributed by atoms with Crippen molar-refractivity contribution in [1.29, 1.82) is 0 Å². The molecule has 0 aliphatic heterocycles. The summed E-state index contributed by atoms with van der Waals surface area (Å²) in [6, 6.07) is 9.20. The molecule has 1 heterocycles. The molecule has 110 valence electrons. The lowest BCUT2D eigenvalue weighted by Gasteiger charge is -2.16. The van der Waals surface area contributed by atoms with Crippen LogP contribution in [0.15, 0.2) is 24.3 Å². The van der Waals surface area contributed by atoms with Gasteiger partial charge in [-0.1, -0.05) is 38.5 Å². The normalized spacial score (nSPS) is 12.9. The first kappa shape index (κ1) is 15.0. The molecule has 0 fully saturated rings. The lowest BCUT2D eigenvalue weighted by atomic mass is 10.0. The summed E-state index contributed by atoms with van der Waals surface area (Å²) in [6.45, 7) is 8.58. The lowest BCUT2D eigenvalue weighted by molar-refractivity contribution is 0.457. The van der Waals surface area contributed by atoms with Crippen molar-refractivity contribution >= 4 is 10.9 Å². The van der Waals surface area contributed by atoms with Crippen LogP contribution in [0.4, 0.5) is 0 Å². The van der Waals surface area contributed by atoms with Gasteiger partial charge in [-0.05, 0) is 38.8 Å². The Kier molecular flexibility index (Phi) is 5.60. The molecule has 0 aliphatic rings. The fourth-order valence-corrected chi connectivity index (χ4v) is 2.92. The first-order chi connectivity index (χ1) is 9.80. The van der Waals surface area contributed by atoms with Gasteiger partial charge in [0.15, 0.2) is 0 Å². The Morgan fingerprint density at radius 3 is 2.65 bits per heavy atom. The lowest BCUT2D eigenvalue weighted by Crippen LogP contribution is -2.29. The SMILES string of the molecule is CCCC(CCc1nn(CC)c2ccccc12)NCC. The summed E-state index contributed by atoms with van der Waals surface area (Å²) in [6.07, 6.45) is 4.72. The molecule has 0 saturated carbocycles. The molecule has 2 aromatic rings. The molecule has 20 heavy (non-hydrogen) atoms. The number of para-hydroxylation sites is 1. The zero-order valence-corrected chi connectivity index (χ0v) is 13.0. The first-order valence-corrected chi connectivity index (χ1v) is 7.97. The third-order valence-corrected chi connectivity index (χ3v) is 3.89. The highest BCUT2D eigenvalue weighted by atomic mass is 15.3. The second kappa shape index (κ2) is 7.44. The Labute approximate surface area is 122 Å². The van der Waals surface area contributed by atoms with Crippen LogP contribution in [0.1, 0.15) is 45.7 Å². The molecule has 0 radical (unpaired) electrons. The van der Waals surface area contributed by atoms with Crippen LogP contribution in [0.25, 0.3) is 10.9 Å². The maximum absolute atomic E-state index is 4.79. The molecule has 0 saturated heterocycles. The van der Waals surface area contributed by atoms with Gasteiger partial charge in [0.1, 0.15) is 0 Å². The summed E-state index contributed by atoms with van der Waals surface area (Å²) in [5, 5.41) is 9.70. The molecule has 3 heteroatoms. The van der Waals surface area contributed by atoms with Gasteiger partial charge in [-0.2, -0.15) is 5.10 Å². The molecule has 2 rings (SSSR count). The zero-order valence-electron chi connectivity index (χ0n) is 13.0. The summed E-state index contributed by atoms with van der Waals surface area (Å²) in [5.74, 6) is 0. The van der Waals surface area contributed by atoms with E-state index in [0.717, 1.165) is 19.5 Å². The number of rotatable bonds is 8. The van der Waals surface area contributed by atoms with E-state index < -0.39 is 0 Å². The Morgan fingerprint density at radius 1 is 1.15 bits per heavy atom. The molecule has 1 unspecified atom stereocenters. The van der Waals surface area contributed by atoms with Crippen LogP contribution in [0, 0.1) is 0 Å². The summed E-state index contributed by atoms with van der Waals surface area (Å²) in [7, 11) is 0. The van der Waals surface area contributed by atoms with E-state index in [1.54, 1.807) is 0 Å². The first-order valence-electron chi connectivity index (χ1n) is 7.97. The number of hydrogen-bond donors (Lipinski definition) is 1. The summed E-state index contributed by atoms with van der Waals surface area (Å²) in [5.41, 5.74) is 2.52. The molecule has 0 bridgehead atoms. The zero-order chi connectivity index (χ0) is 14.4. The average molecular weight is 273 g/mol. The second-order valence-electron chi connectivity index (χ2n) is 5.36. The molecule has 1 aromatic carbocycles. The van der Waals surface area contributed by atoms with Crippen molar-refractivity contribution in [2.75, 3.05) is 6.54 Å². The topological polar surface area (TPSA) is 29.9 Å². The van der Waals surface area contributed by atoms with Crippen LogP contribution in [-0.2, 0) is 13.0 Å². The van der Waals surface area contributed by atoms with Crippen LogP contribution < -0.4 is 5.32 Å². The molecule has 0 spiro atoms. The number of benzene rings is 1. The number of hydrogen-bond acceptors (Lipinski definition) is 2. The fraction of sp³-hybridized carbons (Fsp3) is 0.588. The second-order valence-corrected chi connectivity index (χ2v) is 5.36. The monoisotopic (exact) mass is 273 g/mol. The summed E-state index contributed by atoms with van der Waals surface area (Å²) < 4.78 is 2.12. The van der Waals surface area contributed by atoms with E-state index in [-0.39, 0.29) is 0 Å². The predicted molar refractivity (Wildman–Crippen MR) is 86.1 cm³/mol. The Hall–Kier alpha value is -1.35. The Bertz CT molecular complexity index is 524. The molecule has 1 aromatic heterocycles. The van der Waals surface area contributed by atoms with Gasteiger partial charge in [0.05, 0.1) is 11.2 Å². The highest BCUT2D eigenvalue weighted by Gasteiger charge is 2.12. The van der Waals surface area contributed by atoms with Crippen LogP contribution >= 0.6 is 0 Å². The van der Waals surface area contributed by atoms with Gasteiger partial charge < -0.3 is 5.32 Å². The van der Waals surface area contributed by atoms with Gasteiger partial charge >= 0.3 is 0 Å². The van der Waals surface area contributed by atoms with Gasteiger partial charge in [0.2, 0.25) is 0 Å². The summed E-state index contributed by atoms with van der Waals surface area (Å²) >= 11 is 0. The van der Waals surface area contributed by atoms with Crippen LogP contribution in [0.3, 0.4) is 0 Å². The predicted octanol–water partition coefficient (Wildman–Crippen LogP) is 3.77. The van der Waals surface area contributed by atoms with E-state index in [1.807, 2.05) is 0 Å². The Morgan fingerprint density at radius 2 is 1.95 bits per heavy atom. The highest BCUT2D eigenvalue weighted by Crippen LogP contribution is 2.20. The molecule has 1 atom stereocenters. The van der Waals surface area contributed by atoms with E-state index in [2.05, 4.69) is 55.0 Å². The number of nitrogens with one attached hydrogen (secondary N) is 1. The van der Waals surface area contributed by atoms with E-state index in [0.29, 0.717) is 6.04 Å². The minimum atomic E-state index is 0.621. The molecule has 0 aliphatic carbocycles. The van der Waals surface area contributed by atoms with Crippen LogP contribution in [-0.4, -0.2) is 22.4 Å². The van der Waals surface area contributed by atoms with Crippen molar-refractivity contribution in [2.24, 2.45) is 0 Å². The third kappa shape index (κ3) is 3.40. The van der Waals surface area contributed by atoms with Crippen molar-refractivity contribution in [1.82, 2.24) is 15.1 Å². The standard InChI is InChI=1S/C17H27N3/c1-4-9-14(18-5-2)12-13-16-15-10-7-8-11-17(15)20(6-3)19-16/h7-8,10-11,14,18H,4-6,9,12-13H2,1-3H3. The minimum Gasteiger partial charge on any atom is -0.314 e. The van der Waals surface area contributed by atoms with Gasteiger partial charge in [-0.3, -0.25) is 4.68 Å². The van der Waals surface area contributed by atoms with Gasteiger partial charge in [0, 0.05) is 18.0 Å². The molecular weight excluding hydrogens is 246 g/mol. The van der Waals surface area contributed by atoms with Gasteiger partial charge in [0.25, 0.3) is 0 Å². The number of fused-ring (bicyclic) bond motifs is 1. The smallest absolute Gasteiger partial charge is 0.0703 e. The largest absolute Gasteiger partial charge is 0.314 e. The van der Waals surface area contributed by atoms with Crippen molar-refractivity contribution in [3.05, 3.63) is 30.0 Å². The van der Waals surface area contributed by atoms with E-state index in [1.165, 1.54) is 35.9 Å². The Balaban J connectivity index is 2.12. The fourth-order valence-electron chi connectivity index (χ4n) is 2.92. The maximum atomic E-state index is 4.79. The van der Waals surface area contributed by atoms with Crippen LogP contribution in [0.5, 0.6) is 0 Å². The van der Waals surface area contributed by atoms with E-state index >= 15 is 0 Å². The molecule has 0 amide bonds. The average Bonchev–Trinajstić information content (AvgIpc) is 2.83. The van der Waals surface area contributed by atoms with Crippen LogP contribution in [0.2, 0.25) is 0 Å².